The average Bonchev–Trinajstić information content (AvgIpc) is 3.21. The zero-order valence-electron chi connectivity index (χ0n) is 24.1. The van der Waals surface area contributed by atoms with Crippen LogP contribution in [0.25, 0.3) is 5.76 Å². The summed E-state index contributed by atoms with van der Waals surface area (Å²) in [7, 11) is 3.92. The molecule has 1 unspecified atom stereocenters. The van der Waals surface area contributed by atoms with Gasteiger partial charge < -0.3 is 24.5 Å². The summed E-state index contributed by atoms with van der Waals surface area (Å²) < 4.78 is 5.92. The Labute approximate surface area is 237 Å². The highest BCUT2D eigenvalue weighted by Crippen LogP contribution is 2.40. The van der Waals surface area contributed by atoms with Crippen molar-refractivity contribution in [1.29, 1.82) is 0 Å². The summed E-state index contributed by atoms with van der Waals surface area (Å²) in [6.45, 7) is 9.33. The maximum atomic E-state index is 13.4. The molecule has 4 rings (SSSR count). The number of likely N-dealkylation sites (tertiary alicyclic amines) is 1. The molecule has 1 atom stereocenters. The van der Waals surface area contributed by atoms with Crippen LogP contribution >= 0.6 is 0 Å². The molecule has 1 saturated heterocycles. The van der Waals surface area contributed by atoms with E-state index in [1.807, 2.05) is 68.4 Å². The van der Waals surface area contributed by atoms with Crippen molar-refractivity contribution in [2.45, 2.75) is 33.4 Å². The van der Waals surface area contributed by atoms with E-state index in [0.29, 0.717) is 31.0 Å². The van der Waals surface area contributed by atoms with Crippen LogP contribution in [0.1, 0.15) is 42.1 Å². The quantitative estimate of drug-likeness (QED) is 0.199. The lowest BCUT2D eigenvalue weighted by molar-refractivity contribution is -0.140. The van der Waals surface area contributed by atoms with Gasteiger partial charge >= 0.3 is 0 Å². The Morgan fingerprint density at radius 1 is 0.950 bits per heavy atom. The molecular weight excluding hydrogens is 502 g/mol. The van der Waals surface area contributed by atoms with Crippen molar-refractivity contribution >= 4 is 23.1 Å². The van der Waals surface area contributed by atoms with E-state index in [-0.39, 0.29) is 11.3 Å². The minimum atomic E-state index is -0.677. The van der Waals surface area contributed by atoms with E-state index >= 15 is 0 Å². The molecule has 1 amide bonds. The lowest BCUT2D eigenvalue weighted by Gasteiger charge is -2.28. The van der Waals surface area contributed by atoms with Gasteiger partial charge in [0, 0.05) is 38.4 Å². The number of ether oxygens (including phenoxy) is 1. The second-order valence-electron chi connectivity index (χ2n) is 10.3. The Balaban J connectivity index is 1.65. The van der Waals surface area contributed by atoms with Gasteiger partial charge in [-0.3, -0.25) is 9.59 Å². The lowest BCUT2D eigenvalue weighted by Crippen LogP contribution is -2.38. The summed E-state index contributed by atoms with van der Waals surface area (Å²) in [6, 6.07) is 22.2. The highest BCUT2D eigenvalue weighted by molar-refractivity contribution is 6.46. The van der Waals surface area contributed by atoms with Gasteiger partial charge in [-0.25, -0.2) is 0 Å². The Kier molecular flexibility index (Phi) is 9.27. The molecule has 40 heavy (non-hydrogen) atoms. The number of Topliss-reactive ketones (excluding diaryl/α,β-unsaturated/α-hetero) is 1. The molecule has 3 aromatic carbocycles. The fraction of sp³-hybridized carbons (Fsp3) is 0.333. The van der Waals surface area contributed by atoms with Crippen LogP contribution < -0.4 is 9.64 Å². The van der Waals surface area contributed by atoms with E-state index in [2.05, 4.69) is 24.8 Å². The number of amides is 1. The zero-order chi connectivity index (χ0) is 28.8. The van der Waals surface area contributed by atoms with Gasteiger partial charge in [-0.1, -0.05) is 55.8 Å². The second-order valence-corrected chi connectivity index (χ2v) is 10.3. The minimum absolute atomic E-state index is 0.107. The smallest absolute Gasteiger partial charge is 0.295 e. The van der Waals surface area contributed by atoms with Gasteiger partial charge in [0.2, 0.25) is 0 Å². The Hall–Kier alpha value is -4.10. The molecule has 0 bridgehead atoms. The van der Waals surface area contributed by atoms with Gasteiger partial charge in [0.15, 0.2) is 0 Å². The van der Waals surface area contributed by atoms with E-state index in [1.54, 1.807) is 29.2 Å². The first-order valence-corrected chi connectivity index (χ1v) is 13.8. The van der Waals surface area contributed by atoms with Crippen molar-refractivity contribution in [2.24, 2.45) is 0 Å². The maximum Gasteiger partial charge on any atom is 0.295 e. The second kappa shape index (κ2) is 12.8. The van der Waals surface area contributed by atoms with Crippen LogP contribution in [0.3, 0.4) is 0 Å². The molecular formula is C33H39N3O4. The number of likely N-dealkylation sites (N-methyl/N-ethyl adjacent to an activating group) is 1. The highest BCUT2D eigenvalue weighted by atomic mass is 16.5. The van der Waals surface area contributed by atoms with E-state index in [1.165, 1.54) is 5.56 Å². The third-order valence-electron chi connectivity index (χ3n) is 7.43. The number of nitrogens with zero attached hydrogens (tertiary/aromatic N) is 3. The predicted molar refractivity (Wildman–Crippen MR) is 160 cm³/mol. The summed E-state index contributed by atoms with van der Waals surface area (Å²) in [5.74, 6) is -0.795. The zero-order valence-corrected chi connectivity index (χ0v) is 24.1. The highest BCUT2D eigenvalue weighted by Gasteiger charge is 2.46. The third-order valence-corrected chi connectivity index (χ3v) is 7.43. The summed E-state index contributed by atoms with van der Waals surface area (Å²) in [5.41, 5.74) is 4.59. The molecule has 0 aliphatic carbocycles. The number of aliphatic hydroxyl groups is 1. The third kappa shape index (κ3) is 6.37. The number of carbonyl (C=O) groups is 2. The number of ketones is 1. The molecule has 3 aromatic rings. The summed E-state index contributed by atoms with van der Waals surface area (Å²) >= 11 is 0. The summed E-state index contributed by atoms with van der Waals surface area (Å²) in [5, 5.41) is 11.4. The first-order valence-electron chi connectivity index (χ1n) is 13.8. The van der Waals surface area contributed by atoms with Crippen molar-refractivity contribution in [3.05, 3.63) is 101 Å². The van der Waals surface area contributed by atoms with Gasteiger partial charge in [0.05, 0.1) is 11.6 Å². The number of hydrogen-bond donors (Lipinski definition) is 1. The van der Waals surface area contributed by atoms with Crippen LogP contribution in [-0.4, -0.2) is 66.9 Å². The maximum absolute atomic E-state index is 13.4. The Bertz CT molecular complexity index is 1360. The number of hydrogen-bond acceptors (Lipinski definition) is 6. The van der Waals surface area contributed by atoms with Gasteiger partial charge in [0.1, 0.15) is 18.1 Å². The topological polar surface area (TPSA) is 73.3 Å². The first-order chi connectivity index (χ1) is 19.2. The van der Waals surface area contributed by atoms with Gasteiger partial charge in [-0.15, -0.1) is 0 Å². The largest absolute Gasteiger partial charge is 0.507 e. The van der Waals surface area contributed by atoms with Gasteiger partial charge in [-0.05, 0) is 67.5 Å². The predicted octanol–water partition coefficient (Wildman–Crippen LogP) is 5.40. The molecule has 7 nitrogen and oxygen atoms in total. The van der Waals surface area contributed by atoms with E-state index in [0.717, 1.165) is 29.9 Å². The van der Waals surface area contributed by atoms with E-state index in [4.69, 9.17) is 4.74 Å². The SMILES string of the molecule is CCN(CC)CCN1C(=O)C(=O)/C(=C(/O)c2ccc(OCc3cccc(C)c3)cc2)C1c1ccc(N(C)C)cc1. The Morgan fingerprint density at radius 2 is 1.62 bits per heavy atom. The molecule has 0 aromatic heterocycles. The van der Waals surface area contributed by atoms with Crippen molar-refractivity contribution in [1.82, 2.24) is 9.80 Å². The summed E-state index contributed by atoms with van der Waals surface area (Å²) in [6.07, 6.45) is 0. The van der Waals surface area contributed by atoms with E-state index in [9.17, 15) is 14.7 Å². The van der Waals surface area contributed by atoms with Crippen LogP contribution in [0.4, 0.5) is 5.69 Å². The first kappa shape index (κ1) is 28.9. The van der Waals surface area contributed by atoms with Gasteiger partial charge in [0.25, 0.3) is 11.7 Å². The lowest BCUT2D eigenvalue weighted by atomic mass is 9.95. The molecule has 210 valence electrons. The standard InChI is InChI=1S/C33H39N3O4/c1-6-35(7-2)19-20-36-30(25-11-15-27(16-12-25)34(4)5)29(32(38)33(36)39)31(37)26-13-17-28(18-14-26)40-22-24-10-8-9-23(3)21-24/h8-18,21,30,37H,6-7,19-20,22H2,1-5H3/b31-29+. The van der Waals surface area contributed by atoms with Crippen molar-refractivity contribution < 1.29 is 19.4 Å². The number of anilines is 1. The molecule has 1 heterocycles. The molecule has 0 saturated carbocycles. The molecule has 7 heteroatoms. The van der Waals surface area contributed by atoms with Crippen LogP contribution in [0, 0.1) is 6.92 Å². The van der Waals surface area contributed by atoms with Crippen LogP contribution in [0.15, 0.2) is 78.4 Å². The van der Waals surface area contributed by atoms with Crippen LogP contribution in [0.2, 0.25) is 0 Å². The fourth-order valence-electron chi connectivity index (χ4n) is 5.03. The molecule has 1 aliphatic heterocycles. The molecule has 1 fully saturated rings. The average molecular weight is 542 g/mol. The van der Waals surface area contributed by atoms with E-state index < -0.39 is 17.7 Å². The number of aryl methyl sites for hydroxylation is 1. The number of aliphatic hydroxyl groups excluding tert-OH is 1. The van der Waals surface area contributed by atoms with Crippen LogP contribution in [0.5, 0.6) is 5.75 Å². The molecule has 0 radical (unpaired) electrons. The van der Waals surface area contributed by atoms with Crippen LogP contribution in [-0.2, 0) is 16.2 Å². The molecule has 1 aliphatic rings. The van der Waals surface area contributed by atoms with Crippen molar-refractivity contribution in [3.63, 3.8) is 0 Å². The van der Waals surface area contributed by atoms with Crippen molar-refractivity contribution in [3.8, 4) is 5.75 Å². The Morgan fingerprint density at radius 3 is 2.23 bits per heavy atom. The van der Waals surface area contributed by atoms with Crippen molar-refractivity contribution in [2.75, 3.05) is 45.2 Å². The van der Waals surface area contributed by atoms with Gasteiger partial charge in [-0.2, -0.15) is 0 Å². The molecule has 0 spiro atoms. The monoisotopic (exact) mass is 541 g/mol. The molecule has 1 N–H and O–H groups in total. The number of carbonyl (C=O) groups excluding carboxylic acids is 2. The number of benzene rings is 3. The number of rotatable bonds is 11. The normalized spacial score (nSPS) is 16.6. The summed E-state index contributed by atoms with van der Waals surface area (Å²) in [4.78, 5) is 32.4. The minimum Gasteiger partial charge on any atom is -0.507 e. The fourth-order valence-corrected chi connectivity index (χ4v) is 5.03.